The van der Waals surface area contributed by atoms with Crippen LogP contribution in [0.4, 0.5) is 13.2 Å². The van der Waals surface area contributed by atoms with Gasteiger partial charge in [0.25, 0.3) is 5.78 Å². The second-order valence-electron chi connectivity index (χ2n) is 2.07. The summed E-state index contributed by atoms with van der Waals surface area (Å²) in [5, 5.41) is -1.90. The van der Waals surface area contributed by atoms with Gasteiger partial charge in [-0.3, -0.25) is 4.79 Å². The largest absolute Gasteiger partial charge is 0.451 e. The molecule has 2 atom stereocenters. The number of Topliss-reactive ketones (excluding diaryl/α,β-unsaturated/α-hetero) is 1. The number of alkyl halides is 5. The van der Waals surface area contributed by atoms with E-state index in [1.54, 1.807) is 0 Å². The molecular formula is C6H7Cl2F3O2. The number of halogens is 5. The highest BCUT2D eigenvalue weighted by Crippen LogP contribution is 2.24. The number of hydrogen-bond acceptors (Lipinski definition) is 2. The molecule has 13 heavy (non-hydrogen) atoms. The molecule has 0 aromatic carbocycles. The third kappa shape index (κ3) is 4.15. The summed E-state index contributed by atoms with van der Waals surface area (Å²) in [5.74, 6) is -2.09. The van der Waals surface area contributed by atoms with E-state index in [9.17, 15) is 18.0 Å². The maximum Gasteiger partial charge on any atom is 0.451 e. The Morgan fingerprint density at radius 3 is 2.23 bits per heavy atom. The summed E-state index contributed by atoms with van der Waals surface area (Å²) in [6.07, 6.45) is -4.98. The van der Waals surface area contributed by atoms with Gasteiger partial charge >= 0.3 is 6.18 Å². The van der Waals surface area contributed by atoms with Crippen LogP contribution in [0.2, 0.25) is 0 Å². The summed E-state index contributed by atoms with van der Waals surface area (Å²) in [5.41, 5.74) is -1.46. The van der Waals surface area contributed by atoms with Crippen molar-refractivity contribution in [3.8, 4) is 0 Å². The lowest BCUT2D eigenvalue weighted by Crippen LogP contribution is -2.37. The molecular weight excluding hydrogens is 232 g/mol. The van der Waals surface area contributed by atoms with Crippen LogP contribution in [0.15, 0.2) is 0 Å². The van der Waals surface area contributed by atoms with Gasteiger partial charge in [-0.25, -0.2) is 0 Å². The van der Waals surface area contributed by atoms with Crippen molar-refractivity contribution in [2.45, 2.75) is 24.0 Å². The Balaban J connectivity index is 4.26. The second kappa shape index (κ2) is 5.02. The first-order valence-electron chi connectivity index (χ1n) is 3.31. The molecule has 0 spiro atoms. The first-order chi connectivity index (χ1) is 5.80. The molecule has 0 N–H and O–H groups in total. The van der Waals surface area contributed by atoms with Gasteiger partial charge in [-0.05, 0) is 6.92 Å². The maximum atomic E-state index is 11.8. The van der Waals surface area contributed by atoms with E-state index in [0.717, 1.165) is 0 Å². The zero-order valence-electron chi connectivity index (χ0n) is 6.57. The number of hydrogen-bond donors (Lipinski definition) is 0. The van der Waals surface area contributed by atoms with Crippen molar-refractivity contribution in [2.24, 2.45) is 0 Å². The van der Waals surface area contributed by atoms with Crippen LogP contribution in [-0.2, 0) is 9.53 Å². The summed E-state index contributed by atoms with van der Waals surface area (Å²) >= 11 is 10.4. The van der Waals surface area contributed by atoms with E-state index in [1.807, 2.05) is 0 Å². The Morgan fingerprint density at radius 2 is 1.92 bits per heavy atom. The molecule has 0 unspecified atom stereocenters. The lowest BCUT2D eigenvalue weighted by molar-refractivity contribution is -0.172. The van der Waals surface area contributed by atoms with E-state index in [4.69, 9.17) is 23.2 Å². The molecule has 0 heterocycles. The van der Waals surface area contributed by atoms with Gasteiger partial charge < -0.3 is 4.74 Å². The predicted octanol–water partition coefficient (Wildman–Crippen LogP) is 2.33. The van der Waals surface area contributed by atoms with E-state index < -0.39 is 22.9 Å². The number of ketones is 1. The monoisotopic (exact) mass is 238 g/mol. The summed E-state index contributed by atoms with van der Waals surface area (Å²) in [6.45, 7) is 1.61. The molecule has 0 amide bonds. The highest BCUT2D eigenvalue weighted by atomic mass is 35.5. The van der Waals surface area contributed by atoms with E-state index >= 15 is 0 Å². The smallest absolute Gasteiger partial charge is 0.361 e. The van der Waals surface area contributed by atoms with Crippen LogP contribution >= 0.6 is 23.2 Å². The molecule has 0 aromatic rings. The van der Waals surface area contributed by atoms with Crippen molar-refractivity contribution >= 4 is 29.0 Å². The molecule has 0 aliphatic carbocycles. The van der Waals surface area contributed by atoms with Gasteiger partial charge in [-0.15, -0.1) is 11.6 Å². The summed E-state index contributed by atoms with van der Waals surface area (Å²) in [4.78, 5) is 10.5. The minimum atomic E-state index is -4.98. The van der Waals surface area contributed by atoms with Crippen LogP contribution in [0.25, 0.3) is 0 Å². The Morgan fingerprint density at radius 1 is 1.46 bits per heavy atom. The number of ether oxygens (including phenoxy) is 1. The fraction of sp³-hybridized carbons (Fsp3) is 0.833. The van der Waals surface area contributed by atoms with E-state index in [0.29, 0.717) is 0 Å². The van der Waals surface area contributed by atoms with Gasteiger partial charge in [0.1, 0.15) is 5.38 Å². The Hall–Kier alpha value is -0.000000000000000111. The molecule has 0 rings (SSSR count). The van der Waals surface area contributed by atoms with Gasteiger partial charge in [0.15, 0.2) is 5.56 Å². The molecule has 0 bridgehead atoms. The van der Waals surface area contributed by atoms with Gasteiger partial charge in [0.05, 0.1) is 0 Å². The third-order valence-corrected chi connectivity index (χ3v) is 2.02. The average molecular weight is 239 g/mol. The number of rotatable bonds is 4. The van der Waals surface area contributed by atoms with Crippen molar-refractivity contribution in [1.82, 2.24) is 0 Å². The molecule has 0 radical (unpaired) electrons. The highest BCUT2D eigenvalue weighted by Gasteiger charge is 2.45. The lowest BCUT2D eigenvalue weighted by atomic mass is 10.3. The first-order valence-corrected chi connectivity index (χ1v) is 4.18. The van der Waals surface area contributed by atoms with Crippen molar-refractivity contribution in [2.75, 3.05) is 6.61 Å². The molecule has 7 heteroatoms. The van der Waals surface area contributed by atoms with Crippen molar-refractivity contribution < 1.29 is 22.7 Å². The molecule has 0 aliphatic rings. The summed E-state index contributed by atoms with van der Waals surface area (Å²) in [7, 11) is 0. The standard InChI is InChI=1S/C6H7Cl2F3O2/c1-2-13-5(8)3(7)4(12)6(9,10)11/h3,5H,2H2,1H3/t3-,5-/m1/s1. The molecule has 0 aliphatic heterocycles. The van der Waals surface area contributed by atoms with Crippen molar-refractivity contribution in [3.63, 3.8) is 0 Å². The van der Waals surface area contributed by atoms with Crippen molar-refractivity contribution in [3.05, 3.63) is 0 Å². The van der Waals surface area contributed by atoms with E-state index in [2.05, 4.69) is 4.74 Å². The van der Waals surface area contributed by atoms with Crippen LogP contribution in [0.1, 0.15) is 6.92 Å². The molecule has 2 nitrogen and oxygen atoms in total. The molecule has 78 valence electrons. The highest BCUT2D eigenvalue weighted by molar-refractivity contribution is 6.37. The molecule has 0 saturated heterocycles. The Kier molecular flexibility index (Phi) is 5.02. The van der Waals surface area contributed by atoms with Gasteiger partial charge in [0, 0.05) is 6.61 Å². The summed E-state index contributed by atoms with van der Waals surface area (Å²) in [6, 6.07) is 0. The zero-order chi connectivity index (χ0) is 10.6. The quantitative estimate of drug-likeness (QED) is 0.703. The van der Waals surface area contributed by atoms with Crippen LogP contribution in [-0.4, -0.2) is 29.5 Å². The number of carbonyl (C=O) groups excluding carboxylic acids is 1. The predicted molar refractivity (Wildman–Crippen MR) is 42.0 cm³/mol. The maximum absolute atomic E-state index is 11.8. The van der Waals surface area contributed by atoms with E-state index in [-0.39, 0.29) is 6.61 Å². The minimum Gasteiger partial charge on any atom is -0.361 e. The normalized spacial score (nSPS) is 16.8. The van der Waals surface area contributed by atoms with Gasteiger partial charge in [-0.2, -0.15) is 13.2 Å². The second-order valence-corrected chi connectivity index (χ2v) is 2.97. The van der Waals surface area contributed by atoms with Crippen LogP contribution in [0.3, 0.4) is 0 Å². The first kappa shape index (κ1) is 13.0. The number of carbonyl (C=O) groups is 1. The van der Waals surface area contributed by atoms with Gasteiger partial charge in [0.2, 0.25) is 0 Å². The van der Waals surface area contributed by atoms with Crippen LogP contribution in [0, 0.1) is 0 Å². The van der Waals surface area contributed by atoms with Crippen LogP contribution < -0.4 is 0 Å². The van der Waals surface area contributed by atoms with Crippen LogP contribution in [0.5, 0.6) is 0 Å². The Labute approximate surface area is 82.9 Å². The third-order valence-electron chi connectivity index (χ3n) is 1.09. The van der Waals surface area contributed by atoms with Crippen molar-refractivity contribution in [1.29, 1.82) is 0 Å². The molecule has 0 aromatic heterocycles. The molecule has 0 saturated carbocycles. The lowest BCUT2D eigenvalue weighted by Gasteiger charge is -2.15. The SMILES string of the molecule is CCO[C@@H](Cl)[C@H](Cl)C(=O)C(F)(F)F. The average Bonchev–Trinajstić information content (AvgIpc) is 2.00. The fourth-order valence-corrected chi connectivity index (χ4v) is 0.956. The zero-order valence-corrected chi connectivity index (χ0v) is 8.08. The molecule has 0 fully saturated rings. The van der Waals surface area contributed by atoms with E-state index in [1.165, 1.54) is 6.92 Å². The fourth-order valence-electron chi connectivity index (χ4n) is 0.519. The topological polar surface area (TPSA) is 26.3 Å². The Bertz CT molecular complexity index is 183. The summed E-state index contributed by atoms with van der Waals surface area (Å²) < 4.78 is 39.8. The minimum absolute atomic E-state index is 0.0858. The van der Waals surface area contributed by atoms with Gasteiger partial charge in [-0.1, -0.05) is 11.6 Å².